The van der Waals surface area contributed by atoms with Crippen molar-refractivity contribution < 1.29 is 9.59 Å². The molecule has 1 aliphatic heterocycles. The Hall–Kier alpha value is -1.32. The van der Waals surface area contributed by atoms with E-state index in [2.05, 4.69) is 17.5 Å². The van der Waals surface area contributed by atoms with Gasteiger partial charge in [0.1, 0.15) is 0 Å². The molecule has 4 nitrogen and oxygen atoms in total. The zero-order chi connectivity index (χ0) is 15.1. The SMILES string of the molecule is O=C(NC1CCCC1)[C@H]1[C@H](C(=O)N2CCCC2)[C@@H]2C=C[C@@H]1C2. The summed E-state index contributed by atoms with van der Waals surface area (Å²) in [6.07, 6.45) is 12.2. The molecule has 0 aromatic rings. The molecule has 0 spiro atoms. The minimum Gasteiger partial charge on any atom is -0.353 e. The molecule has 0 unspecified atom stereocenters. The Morgan fingerprint density at radius 2 is 1.55 bits per heavy atom. The van der Waals surface area contributed by atoms with Crippen LogP contribution in [-0.4, -0.2) is 35.8 Å². The van der Waals surface area contributed by atoms with Crippen molar-refractivity contribution >= 4 is 11.8 Å². The van der Waals surface area contributed by atoms with Crippen LogP contribution in [-0.2, 0) is 9.59 Å². The van der Waals surface area contributed by atoms with E-state index in [1.807, 2.05) is 4.90 Å². The molecule has 2 amide bonds. The number of hydrogen-bond acceptors (Lipinski definition) is 2. The van der Waals surface area contributed by atoms with Gasteiger partial charge >= 0.3 is 0 Å². The van der Waals surface area contributed by atoms with E-state index in [9.17, 15) is 9.59 Å². The molecule has 3 aliphatic carbocycles. The minimum atomic E-state index is -0.122. The van der Waals surface area contributed by atoms with E-state index >= 15 is 0 Å². The summed E-state index contributed by atoms with van der Waals surface area (Å²) in [4.78, 5) is 27.7. The maximum Gasteiger partial charge on any atom is 0.227 e. The van der Waals surface area contributed by atoms with Gasteiger partial charge < -0.3 is 10.2 Å². The highest BCUT2D eigenvalue weighted by Crippen LogP contribution is 2.49. The lowest BCUT2D eigenvalue weighted by Crippen LogP contribution is -2.46. The highest BCUT2D eigenvalue weighted by molar-refractivity contribution is 5.90. The molecule has 0 aromatic carbocycles. The average Bonchev–Trinajstić information content (AvgIpc) is 3.27. The molecule has 1 N–H and O–H groups in total. The summed E-state index contributed by atoms with van der Waals surface area (Å²) in [6, 6.07) is 0.346. The second-order valence-corrected chi connectivity index (χ2v) is 7.52. The summed E-state index contributed by atoms with van der Waals surface area (Å²) >= 11 is 0. The summed E-state index contributed by atoms with van der Waals surface area (Å²) < 4.78 is 0. The molecule has 0 aromatic heterocycles. The normalized spacial score (nSPS) is 37.2. The van der Waals surface area contributed by atoms with Crippen LogP contribution in [0.25, 0.3) is 0 Å². The number of allylic oxidation sites excluding steroid dienone is 2. The molecule has 2 saturated carbocycles. The standard InChI is InChI=1S/C18H26N2O2/c21-17(19-14-5-1-2-6-14)15-12-7-8-13(11-12)16(15)18(22)20-9-3-4-10-20/h7-8,12-16H,1-6,9-11H2,(H,19,21)/t12-,13-,15-,16-/m1/s1. The summed E-state index contributed by atoms with van der Waals surface area (Å²) in [5.74, 6) is 0.723. The maximum atomic E-state index is 12.9. The van der Waals surface area contributed by atoms with Crippen molar-refractivity contribution in [2.45, 2.75) is 51.0 Å². The Morgan fingerprint density at radius 3 is 2.23 bits per heavy atom. The molecule has 0 radical (unpaired) electrons. The monoisotopic (exact) mass is 302 g/mol. The van der Waals surface area contributed by atoms with Crippen molar-refractivity contribution in [1.29, 1.82) is 0 Å². The van der Waals surface area contributed by atoms with Crippen LogP contribution in [0.15, 0.2) is 12.2 Å². The van der Waals surface area contributed by atoms with Crippen molar-refractivity contribution in [1.82, 2.24) is 10.2 Å². The number of carbonyl (C=O) groups is 2. The van der Waals surface area contributed by atoms with Crippen LogP contribution in [0.1, 0.15) is 44.9 Å². The number of nitrogens with zero attached hydrogens (tertiary/aromatic N) is 1. The van der Waals surface area contributed by atoms with Crippen LogP contribution in [0, 0.1) is 23.7 Å². The van der Waals surface area contributed by atoms with E-state index in [0.717, 1.165) is 45.2 Å². The van der Waals surface area contributed by atoms with Crippen LogP contribution in [0.2, 0.25) is 0 Å². The van der Waals surface area contributed by atoms with Crippen molar-refractivity contribution in [3.63, 3.8) is 0 Å². The topological polar surface area (TPSA) is 49.4 Å². The van der Waals surface area contributed by atoms with Crippen LogP contribution < -0.4 is 5.32 Å². The van der Waals surface area contributed by atoms with E-state index in [4.69, 9.17) is 0 Å². The number of fused-ring (bicyclic) bond motifs is 2. The van der Waals surface area contributed by atoms with Crippen LogP contribution in [0.4, 0.5) is 0 Å². The van der Waals surface area contributed by atoms with Gasteiger partial charge in [-0.1, -0.05) is 25.0 Å². The largest absolute Gasteiger partial charge is 0.353 e. The highest BCUT2D eigenvalue weighted by atomic mass is 16.2. The van der Waals surface area contributed by atoms with Crippen molar-refractivity contribution in [2.75, 3.05) is 13.1 Å². The van der Waals surface area contributed by atoms with Gasteiger partial charge in [-0.15, -0.1) is 0 Å². The van der Waals surface area contributed by atoms with Crippen LogP contribution >= 0.6 is 0 Å². The van der Waals surface area contributed by atoms with E-state index in [-0.39, 0.29) is 35.5 Å². The van der Waals surface area contributed by atoms with Gasteiger partial charge in [0.2, 0.25) is 11.8 Å². The first kappa shape index (κ1) is 14.3. The third-order valence-corrected chi connectivity index (χ3v) is 6.17. The van der Waals surface area contributed by atoms with Gasteiger partial charge in [-0.05, 0) is 43.9 Å². The quantitative estimate of drug-likeness (QED) is 0.812. The Morgan fingerprint density at radius 1 is 0.909 bits per heavy atom. The number of rotatable bonds is 3. The van der Waals surface area contributed by atoms with Gasteiger partial charge in [-0.25, -0.2) is 0 Å². The minimum absolute atomic E-state index is 0.102. The van der Waals surface area contributed by atoms with Crippen LogP contribution in [0.5, 0.6) is 0 Å². The van der Waals surface area contributed by atoms with E-state index in [1.54, 1.807) is 0 Å². The summed E-state index contributed by atoms with van der Waals surface area (Å²) in [6.45, 7) is 1.76. The van der Waals surface area contributed by atoms with Crippen molar-refractivity contribution in [3.05, 3.63) is 12.2 Å². The Labute approximate surface area is 132 Å². The van der Waals surface area contributed by atoms with Gasteiger partial charge in [0.15, 0.2) is 0 Å². The van der Waals surface area contributed by atoms with Gasteiger partial charge in [-0.3, -0.25) is 9.59 Å². The molecule has 1 saturated heterocycles. The van der Waals surface area contributed by atoms with Gasteiger partial charge in [0, 0.05) is 19.1 Å². The smallest absolute Gasteiger partial charge is 0.227 e. The number of hydrogen-bond donors (Lipinski definition) is 1. The first-order valence-electron chi connectivity index (χ1n) is 9.01. The lowest BCUT2D eigenvalue weighted by atomic mass is 9.81. The fourth-order valence-electron chi connectivity index (χ4n) is 5.03. The number of carbonyl (C=O) groups excluding carboxylic acids is 2. The first-order chi connectivity index (χ1) is 10.7. The zero-order valence-electron chi connectivity index (χ0n) is 13.2. The second-order valence-electron chi connectivity index (χ2n) is 7.52. The average molecular weight is 302 g/mol. The molecule has 3 fully saturated rings. The summed E-state index contributed by atoms with van der Waals surface area (Å²) in [5, 5.41) is 3.24. The molecule has 120 valence electrons. The predicted octanol–water partition coefficient (Wildman–Crippen LogP) is 2.11. The molecule has 1 heterocycles. The second kappa shape index (κ2) is 5.71. The summed E-state index contributed by atoms with van der Waals surface area (Å²) in [7, 11) is 0. The number of likely N-dealkylation sites (tertiary alicyclic amines) is 1. The zero-order valence-corrected chi connectivity index (χ0v) is 13.2. The summed E-state index contributed by atoms with van der Waals surface area (Å²) in [5.41, 5.74) is 0. The molecule has 4 atom stereocenters. The third kappa shape index (κ3) is 2.37. The van der Waals surface area contributed by atoms with Crippen molar-refractivity contribution in [2.24, 2.45) is 23.7 Å². The molecule has 4 aliphatic rings. The lowest BCUT2D eigenvalue weighted by molar-refractivity contribution is -0.141. The molecule has 4 heteroatoms. The highest BCUT2D eigenvalue weighted by Gasteiger charge is 2.52. The molecule has 22 heavy (non-hydrogen) atoms. The molecular formula is C18H26N2O2. The first-order valence-corrected chi connectivity index (χ1v) is 9.01. The molecular weight excluding hydrogens is 276 g/mol. The van der Waals surface area contributed by atoms with Crippen LogP contribution in [0.3, 0.4) is 0 Å². The Bertz CT molecular complexity index is 489. The van der Waals surface area contributed by atoms with Gasteiger partial charge in [0.25, 0.3) is 0 Å². The lowest BCUT2D eigenvalue weighted by Gasteiger charge is -2.30. The Balaban J connectivity index is 1.49. The fraction of sp³-hybridized carbons (Fsp3) is 0.778. The predicted molar refractivity (Wildman–Crippen MR) is 83.9 cm³/mol. The van der Waals surface area contributed by atoms with E-state index < -0.39 is 0 Å². The van der Waals surface area contributed by atoms with E-state index in [1.165, 1.54) is 12.8 Å². The number of amides is 2. The van der Waals surface area contributed by atoms with Gasteiger partial charge in [0.05, 0.1) is 11.8 Å². The third-order valence-electron chi connectivity index (χ3n) is 6.17. The molecule has 2 bridgehead atoms. The number of nitrogens with one attached hydrogen (secondary N) is 1. The van der Waals surface area contributed by atoms with Gasteiger partial charge in [-0.2, -0.15) is 0 Å². The fourth-order valence-corrected chi connectivity index (χ4v) is 5.03. The maximum absolute atomic E-state index is 12.9. The van der Waals surface area contributed by atoms with E-state index in [0.29, 0.717) is 6.04 Å². The Kier molecular flexibility index (Phi) is 3.71. The van der Waals surface area contributed by atoms with Crippen molar-refractivity contribution in [3.8, 4) is 0 Å². The molecule has 4 rings (SSSR count).